The van der Waals surface area contributed by atoms with Crippen molar-refractivity contribution in [2.45, 2.75) is 20.3 Å². The summed E-state index contributed by atoms with van der Waals surface area (Å²) in [5, 5.41) is 0. The molecule has 0 radical (unpaired) electrons. The van der Waals surface area contributed by atoms with Crippen molar-refractivity contribution in [1.82, 2.24) is 4.57 Å². The molecule has 0 bridgehead atoms. The van der Waals surface area contributed by atoms with E-state index < -0.39 is 0 Å². The zero-order valence-corrected chi connectivity index (χ0v) is 11.9. The first-order valence-corrected chi connectivity index (χ1v) is 6.42. The highest BCUT2D eigenvalue weighted by molar-refractivity contribution is 5.96. The second kappa shape index (κ2) is 5.31. The third-order valence-electron chi connectivity index (χ3n) is 3.39. The minimum absolute atomic E-state index is 0.172. The monoisotopic (exact) mass is 257 g/mol. The van der Waals surface area contributed by atoms with Crippen LogP contribution >= 0.6 is 0 Å². The maximum absolute atomic E-state index is 11.9. The van der Waals surface area contributed by atoms with Crippen molar-refractivity contribution in [2.24, 2.45) is 7.05 Å². The Kier molecular flexibility index (Phi) is 3.74. The second-order valence-corrected chi connectivity index (χ2v) is 4.63. The average molecular weight is 257 g/mol. The highest BCUT2D eigenvalue weighted by atomic mass is 16.5. The molecule has 2 aromatic rings. The number of Topliss-reactive ketones (excluding diaryl/α,β-unsaturated/α-hetero) is 1. The Balaban J connectivity index is 2.49. The number of ketones is 1. The molecule has 0 aliphatic heterocycles. The van der Waals surface area contributed by atoms with Gasteiger partial charge < -0.3 is 9.30 Å². The quantitative estimate of drug-likeness (QED) is 0.784. The average Bonchev–Trinajstić information content (AvgIpc) is 2.73. The Hall–Kier alpha value is -2.03. The Morgan fingerprint density at radius 1 is 1.26 bits per heavy atom. The lowest BCUT2D eigenvalue weighted by atomic mass is 10.1. The van der Waals surface area contributed by atoms with E-state index in [2.05, 4.69) is 0 Å². The summed E-state index contributed by atoms with van der Waals surface area (Å²) in [6.45, 7) is 3.92. The van der Waals surface area contributed by atoms with Gasteiger partial charge in [-0.05, 0) is 48.4 Å². The van der Waals surface area contributed by atoms with Crippen molar-refractivity contribution < 1.29 is 9.53 Å². The molecule has 1 heterocycles. The summed E-state index contributed by atoms with van der Waals surface area (Å²) in [5.74, 6) is 1.01. The van der Waals surface area contributed by atoms with E-state index >= 15 is 0 Å². The number of benzene rings is 1. The van der Waals surface area contributed by atoms with Crippen molar-refractivity contribution in [2.75, 3.05) is 7.11 Å². The van der Waals surface area contributed by atoms with Gasteiger partial charge in [-0.3, -0.25) is 4.79 Å². The van der Waals surface area contributed by atoms with Gasteiger partial charge in [-0.2, -0.15) is 0 Å². The van der Waals surface area contributed by atoms with Crippen LogP contribution in [-0.2, 0) is 7.05 Å². The number of hydrogen-bond acceptors (Lipinski definition) is 2. The summed E-state index contributed by atoms with van der Waals surface area (Å²) in [4.78, 5) is 11.9. The standard InChI is InChI=1S/C16H19NO2/c1-5-15(18)14-10-11(2)16(17(14)3)12-6-8-13(19-4)9-7-12/h6-10H,5H2,1-4H3. The van der Waals surface area contributed by atoms with E-state index in [4.69, 9.17) is 4.74 Å². The van der Waals surface area contributed by atoms with Gasteiger partial charge in [-0.15, -0.1) is 0 Å². The molecule has 3 nitrogen and oxygen atoms in total. The van der Waals surface area contributed by atoms with Crippen molar-refractivity contribution in [3.05, 3.63) is 41.6 Å². The van der Waals surface area contributed by atoms with E-state index in [-0.39, 0.29) is 5.78 Å². The van der Waals surface area contributed by atoms with E-state index in [1.54, 1.807) is 7.11 Å². The lowest BCUT2D eigenvalue weighted by Gasteiger charge is -2.08. The SMILES string of the molecule is CCC(=O)c1cc(C)c(-c2ccc(OC)cc2)n1C. The van der Waals surface area contributed by atoms with Crippen LogP contribution in [0.25, 0.3) is 11.3 Å². The highest BCUT2D eigenvalue weighted by Gasteiger charge is 2.15. The molecule has 1 aromatic carbocycles. The fraction of sp³-hybridized carbons (Fsp3) is 0.312. The lowest BCUT2D eigenvalue weighted by molar-refractivity contribution is 0.0980. The maximum atomic E-state index is 11.9. The predicted molar refractivity (Wildman–Crippen MR) is 76.8 cm³/mol. The molecule has 0 saturated carbocycles. The van der Waals surface area contributed by atoms with Gasteiger partial charge in [0.15, 0.2) is 5.78 Å². The molecule has 0 N–H and O–H groups in total. The van der Waals surface area contributed by atoms with Gasteiger partial charge in [0.1, 0.15) is 5.75 Å². The fourth-order valence-corrected chi connectivity index (χ4v) is 2.37. The Morgan fingerprint density at radius 3 is 2.42 bits per heavy atom. The van der Waals surface area contributed by atoms with Gasteiger partial charge in [0.05, 0.1) is 18.5 Å². The third-order valence-corrected chi connectivity index (χ3v) is 3.39. The molecule has 3 heteroatoms. The molecule has 0 unspecified atom stereocenters. The molecule has 2 rings (SSSR count). The third kappa shape index (κ3) is 2.41. The first kappa shape index (κ1) is 13.4. The molecule has 0 aliphatic rings. The van der Waals surface area contributed by atoms with Gasteiger partial charge in [0.25, 0.3) is 0 Å². The zero-order valence-electron chi connectivity index (χ0n) is 11.9. The van der Waals surface area contributed by atoms with Crippen molar-refractivity contribution in [1.29, 1.82) is 0 Å². The van der Waals surface area contributed by atoms with Crippen molar-refractivity contribution in [3.8, 4) is 17.0 Å². The van der Waals surface area contributed by atoms with Crippen LogP contribution in [0.5, 0.6) is 5.75 Å². The van der Waals surface area contributed by atoms with Crippen LogP contribution < -0.4 is 4.74 Å². The smallest absolute Gasteiger partial charge is 0.178 e. The van der Waals surface area contributed by atoms with Gasteiger partial charge in [0.2, 0.25) is 0 Å². The lowest BCUT2D eigenvalue weighted by Crippen LogP contribution is -2.05. The molecule has 0 amide bonds. The number of rotatable bonds is 4. The van der Waals surface area contributed by atoms with Gasteiger partial charge in [-0.25, -0.2) is 0 Å². The number of carbonyl (C=O) groups excluding carboxylic acids is 1. The van der Waals surface area contributed by atoms with E-state index in [0.29, 0.717) is 6.42 Å². The summed E-state index contributed by atoms with van der Waals surface area (Å²) >= 11 is 0. The number of methoxy groups -OCH3 is 1. The van der Waals surface area contributed by atoms with Crippen LogP contribution in [0.1, 0.15) is 29.4 Å². The van der Waals surface area contributed by atoms with Crippen molar-refractivity contribution >= 4 is 5.78 Å². The first-order valence-electron chi connectivity index (χ1n) is 6.42. The number of ether oxygens (including phenoxy) is 1. The van der Waals surface area contributed by atoms with Crippen LogP contribution in [0.3, 0.4) is 0 Å². The van der Waals surface area contributed by atoms with Crippen LogP contribution in [0.4, 0.5) is 0 Å². The topological polar surface area (TPSA) is 31.2 Å². The molecular weight excluding hydrogens is 238 g/mol. The number of carbonyl (C=O) groups is 1. The van der Waals surface area contributed by atoms with E-state index in [9.17, 15) is 4.79 Å². The highest BCUT2D eigenvalue weighted by Crippen LogP contribution is 2.28. The van der Waals surface area contributed by atoms with Crippen LogP contribution in [-0.4, -0.2) is 17.5 Å². The van der Waals surface area contributed by atoms with Crippen LogP contribution in [0.2, 0.25) is 0 Å². The minimum atomic E-state index is 0.172. The molecule has 0 atom stereocenters. The van der Waals surface area contributed by atoms with Crippen LogP contribution in [0, 0.1) is 6.92 Å². The summed E-state index contributed by atoms with van der Waals surface area (Å²) in [6, 6.07) is 9.86. The number of aryl methyl sites for hydroxylation is 1. The minimum Gasteiger partial charge on any atom is -0.497 e. The van der Waals surface area contributed by atoms with Gasteiger partial charge in [0, 0.05) is 13.5 Å². The molecule has 19 heavy (non-hydrogen) atoms. The molecule has 1 aromatic heterocycles. The summed E-state index contributed by atoms with van der Waals surface area (Å²) in [6.07, 6.45) is 0.527. The van der Waals surface area contributed by atoms with Crippen molar-refractivity contribution in [3.63, 3.8) is 0 Å². The predicted octanol–water partition coefficient (Wildman–Crippen LogP) is 3.60. The van der Waals surface area contributed by atoms with Crippen LogP contribution in [0.15, 0.2) is 30.3 Å². The molecular formula is C16H19NO2. The maximum Gasteiger partial charge on any atom is 0.178 e. The largest absolute Gasteiger partial charge is 0.497 e. The summed E-state index contributed by atoms with van der Waals surface area (Å²) in [7, 11) is 3.59. The van der Waals surface area contributed by atoms with E-state index in [1.165, 1.54) is 0 Å². The number of hydrogen-bond donors (Lipinski definition) is 0. The van der Waals surface area contributed by atoms with E-state index in [1.807, 2.05) is 55.8 Å². The second-order valence-electron chi connectivity index (χ2n) is 4.63. The summed E-state index contributed by atoms with van der Waals surface area (Å²) in [5.41, 5.74) is 4.06. The number of nitrogens with zero attached hydrogens (tertiary/aromatic N) is 1. The first-order chi connectivity index (χ1) is 9.08. The Labute approximate surface area is 113 Å². The number of aromatic nitrogens is 1. The zero-order chi connectivity index (χ0) is 14.0. The van der Waals surface area contributed by atoms with Gasteiger partial charge >= 0.3 is 0 Å². The molecule has 0 spiro atoms. The molecule has 0 aliphatic carbocycles. The normalized spacial score (nSPS) is 10.5. The van der Waals surface area contributed by atoms with E-state index in [0.717, 1.165) is 28.3 Å². The Morgan fingerprint density at radius 2 is 1.89 bits per heavy atom. The molecule has 100 valence electrons. The Bertz CT molecular complexity index is 594. The molecule has 0 fully saturated rings. The summed E-state index contributed by atoms with van der Waals surface area (Å²) < 4.78 is 7.14. The van der Waals surface area contributed by atoms with Gasteiger partial charge in [-0.1, -0.05) is 6.92 Å². The fourth-order valence-electron chi connectivity index (χ4n) is 2.37. The molecule has 0 saturated heterocycles.